The lowest BCUT2D eigenvalue weighted by Gasteiger charge is -2.15. The molecule has 0 saturated carbocycles. The van der Waals surface area contributed by atoms with Crippen LogP contribution in [-0.4, -0.2) is 29.1 Å². The molecule has 0 spiro atoms. The highest BCUT2D eigenvalue weighted by atomic mass is 16.5. The van der Waals surface area contributed by atoms with E-state index in [-0.39, 0.29) is 17.6 Å². The van der Waals surface area contributed by atoms with Crippen molar-refractivity contribution in [3.05, 3.63) is 66.1 Å². The molecular formula is C19H21NO3. The van der Waals surface area contributed by atoms with Crippen LogP contribution >= 0.6 is 0 Å². The Balaban J connectivity index is 2.11. The summed E-state index contributed by atoms with van der Waals surface area (Å²) in [5.74, 6) is -0.125. The molecule has 0 bridgehead atoms. The third-order valence-corrected chi connectivity index (χ3v) is 3.49. The molecule has 2 aromatic rings. The molecular weight excluding hydrogens is 290 g/mol. The first-order valence-electron chi connectivity index (χ1n) is 7.51. The van der Waals surface area contributed by atoms with Gasteiger partial charge in [0.05, 0.1) is 17.6 Å². The molecule has 4 nitrogen and oxygen atoms in total. The average Bonchev–Trinajstić information content (AvgIpc) is 2.54. The number of aliphatic hydroxyl groups is 1. The molecule has 1 heterocycles. The smallest absolute Gasteiger partial charge is 0.155 e. The topological polar surface area (TPSA) is 59.4 Å². The number of aliphatic hydroxyl groups excluding tert-OH is 1. The first-order chi connectivity index (χ1) is 11.1. The van der Waals surface area contributed by atoms with E-state index in [9.17, 15) is 9.90 Å². The minimum Gasteiger partial charge on any atom is -0.512 e. The number of pyridine rings is 1. The van der Waals surface area contributed by atoms with Crippen molar-refractivity contribution in [1.82, 2.24) is 4.98 Å². The Labute approximate surface area is 136 Å². The van der Waals surface area contributed by atoms with Crippen molar-refractivity contribution in [2.75, 3.05) is 7.11 Å². The van der Waals surface area contributed by atoms with Gasteiger partial charge in [0.2, 0.25) is 0 Å². The fourth-order valence-corrected chi connectivity index (χ4v) is 2.42. The van der Waals surface area contributed by atoms with Crippen molar-refractivity contribution in [2.45, 2.75) is 25.9 Å². The Morgan fingerprint density at radius 3 is 2.78 bits per heavy atom. The highest BCUT2D eigenvalue weighted by Crippen LogP contribution is 2.20. The van der Waals surface area contributed by atoms with Gasteiger partial charge in [-0.15, -0.1) is 0 Å². The maximum Gasteiger partial charge on any atom is 0.155 e. The van der Waals surface area contributed by atoms with E-state index < -0.39 is 0 Å². The van der Waals surface area contributed by atoms with Crippen molar-refractivity contribution in [3.8, 4) is 11.3 Å². The summed E-state index contributed by atoms with van der Waals surface area (Å²) in [7, 11) is 1.61. The van der Waals surface area contributed by atoms with Gasteiger partial charge in [-0.1, -0.05) is 24.3 Å². The van der Waals surface area contributed by atoms with E-state index >= 15 is 0 Å². The maximum absolute atomic E-state index is 11.0. The van der Waals surface area contributed by atoms with Crippen LogP contribution in [0.1, 0.15) is 18.9 Å². The molecule has 2 rings (SSSR count). The van der Waals surface area contributed by atoms with E-state index in [1.54, 1.807) is 13.3 Å². The molecule has 1 aromatic heterocycles. The molecule has 4 heteroatoms. The molecule has 0 aliphatic heterocycles. The van der Waals surface area contributed by atoms with Crippen LogP contribution in [0.2, 0.25) is 0 Å². The van der Waals surface area contributed by atoms with Crippen LogP contribution < -0.4 is 0 Å². The lowest BCUT2D eigenvalue weighted by molar-refractivity contribution is -0.112. The lowest BCUT2D eigenvalue weighted by atomic mass is 10.0. The Morgan fingerprint density at radius 2 is 2.13 bits per heavy atom. The number of rotatable bonds is 7. The molecule has 0 aliphatic carbocycles. The largest absolute Gasteiger partial charge is 0.512 e. The summed E-state index contributed by atoms with van der Waals surface area (Å²) in [6.45, 7) is 1.41. The third kappa shape index (κ3) is 5.34. The summed E-state index contributed by atoms with van der Waals surface area (Å²) in [6, 6.07) is 13.9. The predicted octanol–water partition coefficient (Wildman–Crippen LogP) is 3.73. The van der Waals surface area contributed by atoms with Gasteiger partial charge in [0.15, 0.2) is 5.78 Å². The zero-order valence-electron chi connectivity index (χ0n) is 13.4. The lowest BCUT2D eigenvalue weighted by Crippen LogP contribution is -2.15. The second kappa shape index (κ2) is 8.25. The number of carbonyl (C=O) groups excluding carboxylic acids is 1. The van der Waals surface area contributed by atoms with Gasteiger partial charge in [-0.05, 0) is 37.1 Å². The second-order valence-electron chi connectivity index (χ2n) is 5.43. The normalized spacial score (nSPS) is 12.9. The first kappa shape index (κ1) is 16.9. The number of carbonyl (C=O) groups is 1. The van der Waals surface area contributed by atoms with Crippen molar-refractivity contribution in [3.63, 3.8) is 0 Å². The van der Waals surface area contributed by atoms with Gasteiger partial charge < -0.3 is 9.84 Å². The number of ether oxygens (including phenoxy) is 1. The molecule has 1 unspecified atom stereocenters. The summed E-state index contributed by atoms with van der Waals surface area (Å²) in [4.78, 5) is 15.4. The number of benzene rings is 1. The molecule has 0 aliphatic rings. The van der Waals surface area contributed by atoms with Crippen molar-refractivity contribution < 1.29 is 14.6 Å². The van der Waals surface area contributed by atoms with E-state index in [2.05, 4.69) is 11.1 Å². The monoisotopic (exact) mass is 311 g/mol. The Kier molecular flexibility index (Phi) is 6.06. The van der Waals surface area contributed by atoms with E-state index in [0.29, 0.717) is 12.8 Å². The number of aromatic nitrogens is 1. The van der Waals surface area contributed by atoms with Gasteiger partial charge in [-0.3, -0.25) is 9.78 Å². The van der Waals surface area contributed by atoms with Gasteiger partial charge in [0.1, 0.15) is 0 Å². The van der Waals surface area contributed by atoms with Gasteiger partial charge in [-0.25, -0.2) is 0 Å². The number of methoxy groups -OCH3 is 1. The number of allylic oxidation sites excluding steroid dienone is 1. The van der Waals surface area contributed by atoms with Crippen molar-refractivity contribution in [1.29, 1.82) is 0 Å². The Morgan fingerprint density at radius 1 is 1.30 bits per heavy atom. The molecule has 120 valence electrons. The molecule has 0 saturated heterocycles. The van der Waals surface area contributed by atoms with E-state index in [1.165, 1.54) is 13.0 Å². The van der Waals surface area contributed by atoms with Crippen molar-refractivity contribution >= 4 is 5.78 Å². The fraction of sp³-hybridized carbons (Fsp3) is 0.263. The second-order valence-corrected chi connectivity index (χ2v) is 5.43. The van der Waals surface area contributed by atoms with E-state index in [0.717, 1.165) is 16.8 Å². The molecule has 0 fully saturated rings. The summed E-state index contributed by atoms with van der Waals surface area (Å²) < 4.78 is 5.42. The van der Waals surface area contributed by atoms with E-state index in [1.807, 2.05) is 36.4 Å². The summed E-state index contributed by atoms with van der Waals surface area (Å²) in [6.07, 6.45) is 3.77. The molecule has 1 aromatic carbocycles. The molecule has 0 radical (unpaired) electrons. The van der Waals surface area contributed by atoms with Crippen LogP contribution in [-0.2, 0) is 16.0 Å². The average molecular weight is 311 g/mol. The quantitative estimate of drug-likeness (QED) is 0.625. The van der Waals surface area contributed by atoms with Crippen LogP contribution in [0.25, 0.3) is 11.3 Å². The minimum absolute atomic E-state index is 0.0465. The standard InChI is InChI=1S/C19H21NO3/c1-14(21)10-17(22)13-18(23-2)12-15-6-5-7-16(11-15)19-8-3-4-9-20-19/h3-11,18,22H,12-13H2,1-2H3. The van der Waals surface area contributed by atoms with Crippen LogP contribution in [0.15, 0.2) is 60.5 Å². The highest BCUT2D eigenvalue weighted by molar-refractivity contribution is 5.87. The number of hydrogen-bond acceptors (Lipinski definition) is 4. The minimum atomic E-state index is -0.190. The number of hydrogen-bond donors (Lipinski definition) is 1. The zero-order valence-corrected chi connectivity index (χ0v) is 13.4. The number of ketones is 1. The summed E-state index contributed by atoms with van der Waals surface area (Å²) in [5.41, 5.74) is 3.06. The highest BCUT2D eigenvalue weighted by Gasteiger charge is 2.12. The molecule has 23 heavy (non-hydrogen) atoms. The van der Waals surface area contributed by atoms with Gasteiger partial charge in [0, 0.05) is 31.4 Å². The predicted molar refractivity (Wildman–Crippen MR) is 90.2 cm³/mol. The maximum atomic E-state index is 11.0. The van der Waals surface area contributed by atoms with Crippen LogP contribution in [0.3, 0.4) is 0 Å². The van der Waals surface area contributed by atoms with Crippen LogP contribution in [0.4, 0.5) is 0 Å². The first-order valence-corrected chi connectivity index (χ1v) is 7.51. The van der Waals surface area contributed by atoms with Gasteiger partial charge in [-0.2, -0.15) is 0 Å². The van der Waals surface area contributed by atoms with Crippen LogP contribution in [0, 0.1) is 0 Å². The molecule has 1 atom stereocenters. The molecule has 1 N–H and O–H groups in total. The molecule has 0 amide bonds. The third-order valence-electron chi connectivity index (χ3n) is 3.49. The fourth-order valence-electron chi connectivity index (χ4n) is 2.42. The summed E-state index contributed by atoms with van der Waals surface area (Å²) >= 11 is 0. The SMILES string of the molecule is COC(CC(O)=CC(C)=O)Cc1cccc(-c2ccccn2)c1. The Hall–Kier alpha value is -2.46. The van der Waals surface area contributed by atoms with Crippen molar-refractivity contribution in [2.24, 2.45) is 0 Å². The van der Waals surface area contributed by atoms with Crippen LogP contribution in [0.5, 0.6) is 0 Å². The van der Waals surface area contributed by atoms with Gasteiger partial charge in [0.25, 0.3) is 0 Å². The van der Waals surface area contributed by atoms with E-state index in [4.69, 9.17) is 4.74 Å². The Bertz CT molecular complexity index is 680. The zero-order chi connectivity index (χ0) is 16.7. The van der Waals surface area contributed by atoms with Gasteiger partial charge >= 0.3 is 0 Å². The number of nitrogens with zero attached hydrogens (tertiary/aromatic N) is 1. The summed E-state index contributed by atoms with van der Waals surface area (Å²) in [5, 5.41) is 9.78.